The fourth-order valence-electron chi connectivity index (χ4n) is 3.01. The fraction of sp³-hybridized carbons (Fsp3) is 0.588. The summed E-state index contributed by atoms with van der Waals surface area (Å²) >= 11 is 3.52. The van der Waals surface area contributed by atoms with Crippen LogP contribution in [0.25, 0.3) is 0 Å². The highest BCUT2D eigenvalue weighted by molar-refractivity contribution is 9.10. The van der Waals surface area contributed by atoms with Crippen LogP contribution in [-0.4, -0.2) is 18.9 Å². The summed E-state index contributed by atoms with van der Waals surface area (Å²) in [6.07, 6.45) is 2.94. The van der Waals surface area contributed by atoms with E-state index < -0.39 is 0 Å². The Labute approximate surface area is 135 Å². The van der Waals surface area contributed by atoms with Gasteiger partial charge in [0.1, 0.15) is 11.5 Å². The summed E-state index contributed by atoms with van der Waals surface area (Å²) in [6.45, 7) is 5.63. The van der Waals surface area contributed by atoms with Crippen molar-refractivity contribution in [2.75, 3.05) is 13.2 Å². The molecule has 3 nitrogen and oxygen atoms in total. The Hall–Kier alpha value is -0.870. The van der Waals surface area contributed by atoms with Crippen molar-refractivity contribution >= 4 is 21.7 Å². The van der Waals surface area contributed by atoms with E-state index in [1.807, 2.05) is 6.07 Å². The summed E-state index contributed by atoms with van der Waals surface area (Å²) in [5.74, 6) is 2.03. The molecule has 0 aromatic heterocycles. The van der Waals surface area contributed by atoms with E-state index in [1.165, 1.54) is 5.56 Å². The third-order valence-corrected chi connectivity index (χ3v) is 4.33. The summed E-state index contributed by atoms with van der Waals surface area (Å²) in [4.78, 5) is 12.3. The van der Waals surface area contributed by atoms with E-state index in [0.29, 0.717) is 37.8 Å². The number of carbonyl (C=O) groups is 1. The van der Waals surface area contributed by atoms with E-state index in [0.717, 1.165) is 28.6 Å². The number of ether oxygens (including phenoxy) is 1. The van der Waals surface area contributed by atoms with E-state index in [2.05, 4.69) is 35.8 Å². The number of benzene rings is 1. The molecule has 1 aromatic carbocycles. The molecule has 0 spiro atoms. The lowest BCUT2D eigenvalue weighted by atomic mass is 9.90. The topological polar surface area (TPSA) is 52.3 Å². The molecule has 2 rings (SSSR count). The number of ketones is 1. The zero-order valence-corrected chi connectivity index (χ0v) is 14.4. The molecule has 116 valence electrons. The normalized spacial score (nSPS) is 14.9. The SMILES string of the molecule is CC(C)CC(CN)CC(=O)Cc1cc(Br)cc2c1OCC2. The fourth-order valence-corrected chi connectivity index (χ4v) is 3.57. The molecule has 2 N–H and O–H groups in total. The molecule has 4 heteroatoms. The molecule has 0 saturated carbocycles. The van der Waals surface area contributed by atoms with Crippen molar-refractivity contribution in [3.05, 3.63) is 27.7 Å². The van der Waals surface area contributed by atoms with Crippen LogP contribution in [0.1, 0.15) is 37.8 Å². The summed E-state index contributed by atoms with van der Waals surface area (Å²) in [5, 5.41) is 0. The number of fused-ring (bicyclic) bond motifs is 1. The predicted octanol–water partition coefficient (Wildman–Crippen LogP) is 3.51. The second-order valence-corrected chi connectivity index (χ2v) is 7.22. The van der Waals surface area contributed by atoms with E-state index in [-0.39, 0.29) is 5.78 Å². The van der Waals surface area contributed by atoms with Crippen molar-refractivity contribution in [1.29, 1.82) is 0 Å². The van der Waals surface area contributed by atoms with Gasteiger partial charge in [-0.15, -0.1) is 0 Å². The van der Waals surface area contributed by atoms with Crippen LogP contribution < -0.4 is 10.5 Å². The van der Waals surface area contributed by atoms with Crippen LogP contribution >= 0.6 is 15.9 Å². The first-order chi connectivity index (χ1) is 9.99. The highest BCUT2D eigenvalue weighted by Crippen LogP contribution is 2.33. The average Bonchev–Trinajstić information content (AvgIpc) is 2.85. The molecular formula is C17H24BrNO2. The maximum absolute atomic E-state index is 12.3. The zero-order chi connectivity index (χ0) is 15.4. The smallest absolute Gasteiger partial charge is 0.137 e. The first-order valence-corrected chi connectivity index (χ1v) is 8.44. The molecule has 0 amide bonds. The molecule has 0 saturated heterocycles. The molecule has 1 atom stereocenters. The van der Waals surface area contributed by atoms with Gasteiger partial charge in [0.25, 0.3) is 0 Å². The third kappa shape index (κ3) is 4.55. The number of Topliss-reactive ketones (excluding diaryl/α,β-unsaturated/α-hetero) is 1. The molecule has 0 aliphatic carbocycles. The van der Waals surface area contributed by atoms with Gasteiger partial charge in [0.15, 0.2) is 0 Å². The van der Waals surface area contributed by atoms with Gasteiger partial charge >= 0.3 is 0 Å². The molecule has 1 unspecified atom stereocenters. The molecule has 1 aliphatic rings. The lowest BCUT2D eigenvalue weighted by Crippen LogP contribution is -2.21. The van der Waals surface area contributed by atoms with Gasteiger partial charge in [-0.3, -0.25) is 4.79 Å². The highest BCUT2D eigenvalue weighted by Gasteiger charge is 2.21. The monoisotopic (exact) mass is 353 g/mol. The summed E-state index contributed by atoms with van der Waals surface area (Å²) in [6, 6.07) is 4.08. The average molecular weight is 354 g/mol. The van der Waals surface area contributed by atoms with Gasteiger partial charge in [-0.25, -0.2) is 0 Å². The van der Waals surface area contributed by atoms with Gasteiger partial charge in [0.05, 0.1) is 6.61 Å². The van der Waals surface area contributed by atoms with E-state index in [4.69, 9.17) is 10.5 Å². The van der Waals surface area contributed by atoms with Crippen molar-refractivity contribution in [1.82, 2.24) is 0 Å². The number of halogens is 1. The van der Waals surface area contributed by atoms with Crippen molar-refractivity contribution in [3.63, 3.8) is 0 Å². The Morgan fingerprint density at radius 2 is 2.19 bits per heavy atom. The van der Waals surface area contributed by atoms with Crippen LogP contribution in [0.3, 0.4) is 0 Å². The maximum Gasteiger partial charge on any atom is 0.137 e. The molecule has 21 heavy (non-hydrogen) atoms. The minimum Gasteiger partial charge on any atom is -0.493 e. The molecule has 1 heterocycles. The summed E-state index contributed by atoms with van der Waals surface area (Å²) in [5.41, 5.74) is 7.99. The first-order valence-electron chi connectivity index (χ1n) is 7.65. The molecular weight excluding hydrogens is 330 g/mol. The number of hydrogen-bond acceptors (Lipinski definition) is 3. The number of carbonyl (C=O) groups excluding carboxylic acids is 1. The highest BCUT2D eigenvalue weighted by atomic mass is 79.9. The van der Waals surface area contributed by atoms with Gasteiger partial charge in [-0.2, -0.15) is 0 Å². The van der Waals surface area contributed by atoms with Crippen molar-refractivity contribution in [3.8, 4) is 5.75 Å². The zero-order valence-electron chi connectivity index (χ0n) is 12.8. The van der Waals surface area contributed by atoms with E-state index >= 15 is 0 Å². The van der Waals surface area contributed by atoms with Crippen LogP contribution in [0.2, 0.25) is 0 Å². The Bertz CT molecular complexity index is 514. The van der Waals surface area contributed by atoms with E-state index in [9.17, 15) is 4.79 Å². The van der Waals surface area contributed by atoms with Gasteiger partial charge in [-0.1, -0.05) is 29.8 Å². The van der Waals surface area contributed by atoms with E-state index in [1.54, 1.807) is 0 Å². The van der Waals surface area contributed by atoms with Gasteiger partial charge in [-0.05, 0) is 42.5 Å². The Morgan fingerprint density at radius 1 is 1.43 bits per heavy atom. The molecule has 0 radical (unpaired) electrons. The molecule has 1 aromatic rings. The third-order valence-electron chi connectivity index (χ3n) is 3.87. The summed E-state index contributed by atoms with van der Waals surface area (Å²) < 4.78 is 6.70. The number of nitrogens with two attached hydrogens (primary N) is 1. The lowest BCUT2D eigenvalue weighted by Gasteiger charge is -2.16. The Kier molecular flexibility index (Phi) is 5.82. The quantitative estimate of drug-likeness (QED) is 0.815. The summed E-state index contributed by atoms with van der Waals surface area (Å²) in [7, 11) is 0. The minimum absolute atomic E-state index is 0.252. The van der Waals surface area contributed by atoms with Crippen molar-refractivity contribution < 1.29 is 9.53 Å². The second-order valence-electron chi connectivity index (χ2n) is 6.30. The Morgan fingerprint density at radius 3 is 2.86 bits per heavy atom. The van der Waals surface area contributed by atoms with Crippen molar-refractivity contribution in [2.24, 2.45) is 17.6 Å². The predicted molar refractivity (Wildman–Crippen MR) is 88.7 cm³/mol. The molecule has 0 bridgehead atoms. The van der Waals surface area contributed by atoms with Crippen LogP contribution in [0.5, 0.6) is 5.75 Å². The first kappa shape index (κ1) is 16.5. The van der Waals surface area contributed by atoms with Crippen LogP contribution in [0, 0.1) is 11.8 Å². The number of rotatable bonds is 7. The van der Waals surface area contributed by atoms with Crippen molar-refractivity contribution in [2.45, 2.75) is 39.5 Å². The number of hydrogen-bond donors (Lipinski definition) is 1. The van der Waals surface area contributed by atoms with Crippen LogP contribution in [-0.2, 0) is 17.6 Å². The second kappa shape index (κ2) is 7.41. The minimum atomic E-state index is 0.252. The molecule has 1 aliphatic heterocycles. The van der Waals surface area contributed by atoms with Gasteiger partial charge in [0.2, 0.25) is 0 Å². The largest absolute Gasteiger partial charge is 0.493 e. The van der Waals surface area contributed by atoms with Gasteiger partial charge in [0, 0.05) is 29.3 Å². The molecule has 0 fully saturated rings. The lowest BCUT2D eigenvalue weighted by molar-refractivity contribution is -0.119. The maximum atomic E-state index is 12.3. The standard InChI is InChI=1S/C17H24BrNO2/c1-11(2)5-12(10-19)6-16(20)9-14-8-15(18)7-13-3-4-21-17(13)14/h7-8,11-12H,3-6,9-10,19H2,1-2H3. The van der Waals surface area contributed by atoms with Gasteiger partial charge < -0.3 is 10.5 Å². The Balaban J connectivity index is 2.03. The van der Waals surface area contributed by atoms with Crippen LogP contribution in [0.4, 0.5) is 0 Å². The van der Waals surface area contributed by atoms with Crippen LogP contribution in [0.15, 0.2) is 16.6 Å².